The molecule has 30 heavy (non-hydrogen) atoms. The highest BCUT2D eigenvalue weighted by atomic mass is 32.2. The van der Waals surface area contributed by atoms with Gasteiger partial charge in [-0.2, -0.15) is 4.31 Å². The van der Waals surface area contributed by atoms with Gasteiger partial charge in [0.1, 0.15) is 0 Å². The monoisotopic (exact) mass is 429 g/mol. The second-order valence-electron chi connectivity index (χ2n) is 7.44. The van der Waals surface area contributed by atoms with Crippen LogP contribution in [0.25, 0.3) is 11.0 Å². The van der Waals surface area contributed by atoms with Crippen LogP contribution < -0.4 is 11.1 Å². The van der Waals surface area contributed by atoms with Crippen LogP contribution in [0.5, 0.6) is 0 Å². The maximum Gasteiger partial charge on any atom is 0.316 e. The first kappa shape index (κ1) is 20.5. The standard InChI is InChI=1S/C21H23N3O5S/c1-14-19(15-7-5-4-6-8-15)29-12-11-24(14)30(27,28)16-9-10-17-18(13-16)23(3)21(26)20(25)22(17)2/h4-10,13-14,19H,11-12H2,1-3H3/t14-,19+/m1/s1. The molecule has 0 saturated carbocycles. The molecule has 1 aliphatic heterocycles. The SMILES string of the molecule is C[C@@H]1[C@@H](c2ccccc2)OCCN1S(=O)(=O)c1ccc2c(c1)n(C)c(=O)c(=O)n2C. The van der Waals surface area contributed by atoms with Crippen LogP contribution >= 0.6 is 0 Å². The number of sulfonamides is 1. The first-order valence-electron chi connectivity index (χ1n) is 9.61. The summed E-state index contributed by atoms with van der Waals surface area (Å²) in [4.78, 5) is 24.3. The van der Waals surface area contributed by atoms with E-state index in [1.807, 2.05) is 37.3 Å². The molecule has 0 amide bonds. The molecule has 3 aromatic rings. The normalized spacial score (nSPS) is 20.5. The molecule has 0 aliphatic carbocycles. The third-order valence-electron chi connectivity index (χ3n) is 5.70. The van der Waals surface area contributed by atoms with E-state index in [0.29, 0.717) is 11.0 Å². The summed E-state index contributed by atoms with van der Waals surface area (Å²) in [6.45, 7) is 2.34. The molecular weight excluding hydrogens is 406 g/mol. The summed E-state index contributed by atoms with van der Waals surface area (Å²) >= 11 is 0. The van der Waals surface area contributed by atoms with Gasteiger partial charge in [-0.3, -0.25) is 9.59 Å². The molecule has 2 aromatic carbocycles. The zero-order chi connectivity index (χ0) is 21.6. The quantitative estimate of drug-likeness (QED) is 0.587. The predicted molar refractivity (Wildman–Crippen MR) is 113 cm³/mol. The van der Waals surface area contributed by atoms with Gasteiger partial charge >= 0.3 is 11.1 Å². The lowest BCUT2D eigenvalue weighted by Gasteiger charge is -2.38. The first-order valence-corrected chi connectivity index (χ1v) is 11.1. The lowest BCUT2D eigenvalue weighted by atomic mass is 10.0. The number of rotatable bonds is 3. The van der Waals surface area contributed by atoms with Crippen LogP contribution in [0.4, 0.5) is 0 Å². The molecule has 1 aliphatic rings. The third-order valence-corrected chi connectivity index (χ3v) is 7.68. The molecule has 9 heteroatoms. The van der Waals surface area contributed by atoms with Crippen LogP contribution in [0.1, 0.15) is 18.6 Å². The van der Waals surface area contributed by atoms with Gasteiger partial charge in [0, 0.05) is 20.6 Å². The van der Waals surface area contributed by atoms with E-state index in [-0.39, 0.29) is 24.2 Å². The number of benzene rings is 2. The van der Waals surface area contributed by atoms with Crippen molar-refractivity contribution in [1.29, 1.82) is 0 Å². The molecule has 2 heterocycles. The number of hydrogen-bond donors (Lipinski definition) is 0. The number of hydrogen-bond acceptors (Lipinski definition) is 5. The molecule has 0 bridgehead atoms. The van der Waals surface area contributed by atoms with Crippen LogP contribution in [0.2, 0.25) is 0 Å². The number of ether oxygens (including phenoxy) is 1. The number of aryl methyl sites for hydroxylation is 2. The van der Waals surface area contributed by atoms with Crippen molar-refractivity contribution >= 4 is 21.1 Å². The fourth-order valence-electron chi connectivity index (χ4n) is 3.98. The van der Waals surface area contributed by atoms with Gasteiger partial charge in [0.2, 0.25) is 10.0 Å². The van der Waals surface area contributed by atoms with Crippen molar-refractivity contribution in [2.24, 2.45) is 14.1 Å². The van der Waals surface area contributed by atoms with Gasteiger partial charge in [-0.25, -0.2) is 8.42 Å². The summed E-state index contributed by atoms with van der Waals surface area (Å²) in [5, 5.41) is 0. The summed E-state index contributed by atoms with van der Waals surface area (Å²) in [6.07, 6.45) is -0.375. The Bertz CT molecular complexity index is 1330. The fourth-order valence-corrected chi connectivity index (χ4v) is 5.61. The van der Waals surface area contributed by atoms with Crippen LogP contribution in [0, 0.1) is 0 Å². The van der Waals surface area contributed by atoms with E-state index in [0.717, 1.165) is 5.56 Å². The fraction of sp³-hybridized carbons (Fsp3) is 0.333. The van der Waals surface area contributed by atoms with Crippen molar-refractivity contribution in [3.05, 3.63) is 74.8 Å². The lowest BCUT2D eigenvalue weighted by Crippen LogP contribution is -2.48. The summed E-state index contributed by atoms with van der Waals surface area (Å²) in [5.74, 6) is 0. The highest BCUT2D eigenvalue weighted by Crippen LogP contribution is 2.32. The molecule has 0 N–H and O–H groups in total. The minimum atomic E-state index is -3.85. The van der Waals surface area contributed by atoms with E-state index in [1.165, 1.54) is 39.7 Å². The van der Waals surface area contributed by atoms with Gasteiger partial charge in [-0.15, -0.1) is 0 Å². The maximum atomic E-state index is 13.5. The second-order valence-corrected chi connectivity index (χ2v) is 9.33. The molecule has 1 saturated heterocycles. The lowest BCUT2D eigenvalue weighted by molar-refractivity contribution is -0.0361. The molecule has 0 spiro atoms. The summed E-state index contributed by atoms with van der Waals surface area (Å²) < 4.78 is 36.7. The third kappa shape index (κ3) is 3.19. The highest BCUT2D eigenvalue weighted by Gasteiger charge is 2.38. The topological polar surface area (TPSA) is 90.6 Å². The van der Waals surface area contributed by atoms with Crippen LogP contribution in [-0.4, -0.2) is 41.1 Å². The highest BCUT2D eigenvalue weighted by molar-refractivity contribution is 7.89. The van der Waals surface area contributed by atoms with E-state index in [4.69, 9.17) is 4.74 Å². The van der Waals surface area contributed by atoms with E-state index >= 15 is 0 Å². The minimum Gasteiger partial charge on any atom is -0.370 e. The Hall–Kier alpha value is -2.75. The second kappa shape index (κ2) is 7.50. The molecule has 1 fully saturated rings. The molecule has 0 unspecified atom stereocenters. The Morgan fingerprint density at radius 3 is 2.23 bits per heavy atom. The van der Waals surface area contributed by atoms with E-state index < -0.39 is 27.2 Å². The van der Waals surface area contributed by atoms with Crippen molar-refractivity contribution in [2.45, 2.75) is 24.0 Å². The average Bonchev–Trinajstić information content (AvgIpc) is 2.76. The molecular formula is C21H23N3O5S. The van der Waals surface area contributed by atoms with Crippen LogP contribution in [-0.2, 0) is 28.9 Å². The van der Waals surface area contributed by atoms with Crippen LogP contribution in [0.15, 0.2) is 63.0 Å². The van der Waals surface area contributed by atoms with Gasteiger partial charge < -0.3 is 13.9 Å². The molecule has 8 nitrogen and oxygen atoms in total. The van der Waals surface area contributed by atoms with Gasteiger partial charge in [0.15, 0.2) is 0 Å². The number of fused-ring (bicyclic) bond motifs is 1. The number of morpholine rings is 1. The number of nitrogens with zero attached hydrogens (tertiary/aromatic N) is 3. The van der Waals surface area contributed by atoms with E-state index in [1.54, 1.807) is 6.07 Å². The van der Waals surface area contributed by atoms with E-state index in [9.17, 15) is 18.0 Å². The van der Waals surface area contributed by atoms with Gasteiger partial charge in [0.05, 0.1) is 34.7 Å². The predicted octanol–water partition coefficient (Wildman–Crippen LogP) is 1.39. The first-order chi connectivity index (χ1) is 14.2. The number of aromatic nitrogens is 2. The molecule has 1 aromatic heterocycles. The Morgan fingerprint density at radius 2 is 1.57 bits per heavy atom. The van der Waals surface area contributed by atoms with Crippen molar-refractivity contribution in [1.82, 2.24) is 13.4 Å². The van der Waals surface area contributed by atoms with Crippen molar-refractivity contribution in [3.63, 3.8) is 0 Å². The minimum absolute atomic E-state index is 0.0733. The Kier molecular flexibility index (Phi) is 5.13. The average molecular weight is 429 g/mol. The Balaban J connectivity index is 1.79. The summed E-state index contributed by atoms with van der Waals surface area (Å²) in [7, 11) is -0.887. The van der Waals surface area contributed by atoms with Crippen molar-refractivity contribution < 1.29 is 13.2 Å². The zero-order valence-electron chi connectivity index (χ0n) is 17.0. The summed E-state index contributed by atoms with van der Waals surface area (Å²) in [5.41, 5.74) is 0.416. The molecule has 0 radical (unpaired) electrons. The molecule has 4 rings (SSSR count). The van der Waals surface area contributed by atoms with Crippen molar-refractivity contribution in [3.8, 4) is 0 Å². The summed E-state index contributed by atoms with van der Waals surface area (Å²) in [6, 6.07) is 13.6. The van der Waals surface area contributed by atoms with E-state index in [2.05, 4.69) is 0 Å². The van der Waals surface area contributed by atoms with Gasteiger partial charge in [-0.1, -0.05) is 30.3 Å². The van der Waals surface area contributed by atoms with Gasteiger partial charge in [0.25, 0.3) is 0 Å². The smallest absolute Gasteiger partial charge is 0.316 e. The van der Waals surface area contributed by atoms with Gasteiger partial charge in [-0.05, 0) is 30.7 Å². The largest absolute Gasteiger partial charge is 0.370 e. The molecule has 2 atom stereocenters. The molecule has 158 valence electrons. The van der Waals surface area contributed by atoms with Crippen molar-refractivity contribution in [2.75, 3.05) is 13.2 Å². The Labute approximate surface area is 174 Å². The zero-order valence-corrected chi connectivity index (χ0v) is 17.8. The maximum absolute atomic E-state index is 13.5. The Morgan fingerprint density at radius 1 is 0.933 bits per heavy atom. The van der Waals surface area contributed by atoms with Crippen LogP contribution in [0.3, 0.4) is 0 Å².